The van der Waals surface area contributed by atoms with Crippen molar-refractivity contribution in [3.63, 3.8) is 0 Å². The first-order valence-electron chi connectivity index (χ1n) is 6.99. The predicted octanol–water partition coefficient (Wildman–Crippen LogP) is 1.97. The highest BCUT2D eigenvalue weighted by molar-refractivity contribution is 5.76. The second kappa shape index (κ2) is 6.68. The molecule has 0 saturated heterocycles. The summed E-state index contributed by atoms with van der Waals surface area (Å²) < 4.78 is 2.13. The number of imidazole rings is 1. The number of unbranched alkanes of at least 4 members (excludes halogenated alkanes) is 1. The minimum atomic E-state index is 0.922. The van der Waals surface area contributed by atoms with Gasteiger partial charge < -0.3 is 15.2 Å². The van der Waals surface area contributed by atoms with Crippen molar-refractivity contribution < 1.29 is 0 Å². The number of aromatic nitrogens is 2. The summed E-state index contributed by atoms with van der Waals surface area (Å²) in [6.07, 6.45) is 2.44. The van der Waals surface area contributed by atoms with Crippen LogP contribution in [0, 0.1) is 6.92 Å². The van der Waals surface area contributed by atoms with Crippen molar-refractivity contribution in [1.29, 1.82) is 0 Å². The van der Waals surface area contributed by atoms with Gasteiger partial charge in [-0.1, -0.05) is 6.07 Å². The summed E-state index contributed by atoms with van der Waals surface area (Å²) in [5, 5.41) is 6.65. The number of aryl methyl sites for hydroxylation is 2. The van der Waals surface area contributed by atoms with Gasteiger partial charge in [-0.3, -0.25) is 0 Å². The largest absolute Gasteiger partial charge is 0.331 e. The predicted molar refractivity (Wildman–Crippen MR) is 80.3 cm³/mol. The number of hydrogen-bond donors (Lipinski definition) is 2. The molecule has 2 aromatic rings. The molecule has 0 radical (unpaired) electrons. The van der Waals surface area contributed by atoms with Gasteiger partial charge in [0.05, 0.1) is 11.0 Å². The third-order valence-electron chi connectivity index (χ3n) is 3.53. The zero-order valence-corrected chi connectivity index (χ0v) is 12.2. The van der Waals surface area contributed by atoms with E-state index in [0.717, 1.165) is 31.0 Å². The summed E-state index contributed by atoms with van der Waals surface area (Å²) in [4.78, 5) is 4.57. The van der Waals surface area contributed by atoms with E-state index >= 15 is 0 Å². The van der Waals surface area contributed by atoms with Crippen molar-refractivity contribution in [2.45, 2.75) is 26.3 Å². The fourth-order valence-corrected chi connectivity index (χ4v) is 2.26. The third-order valence-corrected chi connectivity index (χ3v) is 3.53. The molecule has 2 rings (SSSR count). The number of hydrogen-bond acceptors (Lipinski definition) is 3. The smallest absolute Gasteiger partial charge is 0.106 e. The van der Waals surface area contributed by atoms with Crippen molar-refractivity contribution in [1.82, 2.24) is 20.2 Å². The zero-order valence-electron chi connectivity index (χ0n) is 12.2. The van der Waals surface area contributed by atoms with Crippen LogP contribution in [0.3, 0.4) is 0 Å². The van der Waals surface area contributed by atoms with Gasteiger partial charge in [-0.25, -0.2) is 4.98 Å². The molecular formula is C15H24N4. The molecule has 1 aromatic heterocycles. The fraction of sp³-hybridized carbons (Fsp3) is 0.533. The Morgan fingerprint density at radius 3 is 2.79 bits per heavy atom. The van der Waals surface area contributed by atoms with E-state index in [2.05, 4.69) is 45.4 Å². The van der Waals surface area contributed by atoms with E-state index in [1.165, 1.54) is 23.9 Å². The number of nitrogens with one attached hydrogen (secondary N) is 2. The summed E-state index contributed by atoms with van der Waals surface area (Å²) >= 11 is 0. The number of benzene rings is 1. The molecule has 0 unspecified atom stereocenters. The molecule has 0 aliphatic heterocycles. The van der Waals surface area contributed by atoms with Gasteiger partial charge in [0, 0.05) is 13.6 Å². The van der Waals surface area contributed by atoms with E-state index in [4.69, 9.17) is 0 Å². The molecule has 19 heavy (non-hydrogen) atoms. The minimum Gasteiger partial charge on any atom is -0.331 e. The molecule has 0 aliphatic carbocycles. The molecule has 2 N–H and O–H groups in total. The van der Waals surface area contributed by atoms with Gasteiger partial charge >= 0.3 is 0 Å². The summed E-state index contributed by atoms with van der Waals surface area (Å²) in [6.45, 7) is 5.13. The maximum Gasteiger partial charge on any atom is 0.106 e. The van der Waals surface area contributed by atoms with Crippen molar-refractivity contribution in [2.24, 2.45) is 7.05 Å². The first kappa shape index (κ1) is 14.0. The van der Waals surface area contributed by atoms with Gasteiger partial charge in [0.15, 0.2) is 0 Å². The molecule has 1 heterocycles. The standard InChI is InChI=1S/C15H24N4/c1-12-18-14-10-13(6-7-15(14)19(12)3)11-17-9-5-4-8-16-2/h6-7,10,16-17H,4-5,8-9,11H2,1-3H3. The van der Waals surface area contributed by atoms with Crippen molar-refractivity contribution >= 4 is 11.0 Å². The van der Waals surface area contributed by atoms with Crippen LogP contribution in [-0.2, 0) is 13.6 Å². The van der Waals surface area contributed by atoms with Crippen LogP contribution >= 0.6 is 0 Å². The van der Waals surface area contributed by atoms with Crippen molar-refractivity contribution in [2.75, 3.05) is 20.1 Å². The Morgan fingerprint density at radius 2 is 2.00 bits per heavy atom. The SMILES string of the molecule is CNCCCCNCc1ccc2c(c1)nc(C)n2C. The molecular weight excluding hydrogens is 236 g/mol. The molecule has 4 nitrogen and oxygen atoms in total. The molecule has 0 atom stereocenters. The van der Waals surface area contributed by atoms with E-state index < -0.39 is 0 Å². The Balaban J connectivity index is 1.87. The highest BCUT2D eigenvalue weighted by Crippen LogP contribution is 2.16. The number of rotatable bonds is 7. The van der Waals surface area contributed by atoms with Crippen molar-refractivity contribution in [3.05, 3.63) is 29.6 Å². The van der Waals surface area contributed by atoms with Crippen LogP contribution in [-0.4, -0.2) is 29.7 Å². The Labute approximate surface area is 115 Å². The molecule has 0 fully saturated rings. The van der Waals surface area contributed by atoms with E-state index in [1.54, 1.807) is 0 Å². The Morgan fingerprint density at radius 1 is 1.21 bits per heavy atom. The van der Waals surface area contributed by atoms with Crippen LogP contribution in [0.25, 0.3) is 11.0 Å². The minimum absolute atomic E-state index is 0.922. The molecule has 0 amide bonds. The quantitative estimate of drug-likeness (QED) is 0.748. The lowest BCUT2D eigenvalue weighted by molar-refractivity contribution is 0.606. The average molecular weight is 260 g/mol. The normalized spacial score (nSPS) is 11.3. The fourth-order valence-electron chi connectivity index (χ4n) is 2.26. The van der Waals surface area contributed by atoms with Crippen LogP contribution in [0.1, 0.15) is 24.2 Å². The molecule has 1 aromatic carbocycles. The van der Waals surface area contributed by atoms with E-state index in [1.807, 2.05) is 14.0 Å². The van der Waals surface area contributed by atoms with E-state index in [0.29, 0.717) is 0 Å². The Bertz CT molecular complexity index is 530. The molecule has 4 heteroatoms. The van der Waals surface area contributed by atoms with Crippen molar-refractivity contribution in [3.8, 4) is 0 Å². The number of nitrogens with zero attached hydrogens (tertiary/aromatic N) is 2. The topological polar surface area (TPSA) is 41.9 Å². The van der Waals surface area contributed by atoms with Crippen LogP contribution < -0.4 is 10.6 Å². The average Bonchev–Trinajstić information content (AvgIpc) is 2.69. The highest BCUT2D eigenvalue weighted by atomic mass is 15.0. The number of fused-ring (bicyclic) bond motifs is 1. The van der Waals surface area contributed by atoms with Crippen LogP contribution in [0.5, 0.6) is 0 Å². The molecule has 0 spiro atoms. The summed E-state index contributed by atoms with van der Waals surface area (Å²) in [5.74, 6) is 1.06. The van der Waals surface area contributed by atoms with Gasteiger partial charge in [0.1, 0.15) is 5.82 Å². The first-order chi connectivity index (χ1) is 9.22. The lowest BCUT2D eigenvalue weighted by Gasteiger charge is -2.05. The molecule has 0 saturated carbocycles. The van der Waals surface area contributed by atoms with Crippen LogP contribution in [0.15, 0.2) is 18.2 Å². The first-order valence-corrected chi connectivity index (χ1v) is 6.99. The second-order valence-electron chi connectivity index (χ2n) is 5.03. The second-order valence-corrected chi connectivity index (χ2v) is 5.03. The maximum atomic E-state index is 4.57. The van der Waals surface area contributed by atoms with Crippen LogP contribution in [0.2, 0.25) is 0 Å². The monoisotopic (exact) mass is 260 g/mol. The Hall–Kier alpha value is -1.39. The molecule has 0 aliphatic rings. The summed E-state index contributed by atoms with van der Waals surface area (Å²) in [7, 11) is 4.06. The van der Waals surface area contributed by atoms with E-state index in [9.17, 15) is 0 Å². The molecule has 0 bridgehead atoms. The molecule has 104 valence electrons. The summed E-state index contributed by atoms with van der Waals surface area (Å²) in [5.41, 5.74) is 3.60. The van der Waals surface area contributed by atoms with Gasteiger partial charge in [-0.2, -0.15) is 0 Å². The lowest BCUT2D eigenvalue weighted by Crippen LogP contribution is -2.16. The van der Waals surface area contributed by atoms with Gasteiger partial charge in [-0.05, 0) is 57.6 Å². The zero-order chi connectivity index (χ0) is 13.7. The third kappa shape index (κ3) is 3.55. The van der Waals surface area contributed by atoms with Gasteiger partial charge in [-0.15, -0.1) is 0 Å². The maximum absolute atomic E-state index is 4.57. The lowest BCUT2D eigenvalue weighted by atomic mass is 10.2. The highest BCUT2D eigenvalue weighted by Gasteiger charge is 2.04. The van der Waals surface area contributed by atoms with Gasteiger partial charge in [0.25, 0.3) is 0 Å². The summed E-state index contributed by atoms with van der Waals surface area (Å²) in [6, 6.07) is 6.53. The van der Waals surface area contributed by atoms with Crippen LogP contribution in [0.4, 0.5) is 0 Å². The van der Waals surface area contributed by atoms with Gasteiger partial charge in [0.2, 0.25) is 0 Å². The van der Waals surface area contributed by atoms with E-state index in [-0.39, 0.29) is 0 Å². The Kier molecular flexibility index (Phi) is 4.93.